The molecular formula is C11H15N3. The maximum Gasteiger partial charge on any atom is 0.0734 e. The van der Waals surface area contributed by atoms with Crippen LogP contribution in [0.4, 0.5) is 5.69 Å². The molecule has 0 unspecified atom stereocenters. The molecule has 2 heterocycles. The zero-order valence-corrected chi connectivity index (χ0v) is 8.78. The summed E-state index contributed by atoms with van der Waals surface area (Å²) < 4.78 is 0. The van der Waals surface area contributed by atoms with Crippen LogP contribution in [0.1, 0.15) is 13.8 Å². The smallest absolute Gasteiger partial charge is 0.0734 e. The second-order valence-corrected chi connectivity index (χ2v) is 2.54. The molecule has 0 saturated heterocycles. The van der Waals surface area contributed by atoms with Crippen molar-refractivity contribution in [3.63, 3.8) is 0 Å². The highest BCUT2D eigenvalue weighted by molar-refractivity contribution is 5.80. The molecule has 3 nitrogen and oxygen atoms in total. The highest BCUT2D eigenvalue weighted by Gasteiger charge is 1.94. The summed E-state index contributed by atoms with van der Waals surface area (Å²) in [6.45, 7) is 4.00. The van der Waals surface area contributed by atoms with Gasteiger partial charge < -0.3 is 5.32 Å². The van der Waals surface area contributed by atoms with Gasteiger partial charge in [0, 0.05) is 24.8 Å². The maximum atomic E-state index is 4.25. The molecule has 0 radical (unpaired) electrons. The molecule has 0 fully saturated rings. The molecule has 2 aromatic heterocycles. The third-order valence-corrected chi connectivity index (χ3v) is 1.77. The summed E-state index contributed by atoms with van der Waals surface area (Å²) in [6, 6.07) is 3.92. The van der Waals surface area contributed by atoms with Crippen molar-refractivity contribution in [1.29, 1.82) is 0 Å². The molecule has 0 aliphatic heterocycles. The average molecular weight is 189 g/mol. The Balaban J connectivity index is 0.000000461. The minimum atomic E-state index is 0.976. The predicted octanol–water partition coefficient (Wildman–Crippen LogP) is 2.70. The van der Waals surface area contributed by atoms with E-state index in [-0.39, 0.29) is 0 Å². The summed E-state index contributed by atoms with van der Waals surface area (Å²) in [5.74, 6) is 0. The molecule has 2 aromatic rings. The summed E-state index contributed by atoms with van der Waals surface area (Å²) >= 11 is 0. The van der Waals surface area contributed by atoms with Gasteiger partial charge in [-0.25, -0.2) is 0 Å². The fourth-order valence-electron chi connectivity index (χ4n) is 1.11. The lowest BCUT2D eigenvalue weighted by Gasteiger charge is -2.00. The molecular weight excluding hydrogens is 174 g/mol. The first-order valence-corrected chi connectivity index (χ1v) is 4.77. The first kappa shape index (κ1) is 10.4. The lowest BCUT2D eigenvalue weighted by Crippen LogP contribution is -1.89. The van der Waals surface area contributed by atoms with Gasteiger partial charge in [0.1, 0.15) is 0 Å². The van der Waals surface area contributed by atoms with E-state index in [0.717, 1.165) is 16.6 Å². The van der Waals surface area contributed by atoms with Crippen LogP contribution >= 0.6 is 0 Å². The molecule has 3 heteroatoms. The standard InChI is InChI=1S/C9H9N3.C2H6/c1-10-8-4-7-5-11-3-2-9(7)12-6-8;1-2/h2-6,10H,1H3;1-2H3. The zero-order valence-electron chi connectivity index (χ0n) is 8.78. The Bertz CT molecular complexity index is 398. The number of anilines is 1. The monoisotopic (exact) mass is 189 g/mol. The summed E-state index contributed by atoms with van der Waals surface area (Å²) in [5.41, 5.74) is 1.99. The van der Waals surface area contributed by atoms with E-state index in [1.165, 1.54) is 0 Å². The van der Waals surface area contributed by atoms with Crippen LogP contribution in [0.15, 0.2) is 30.7 Å². The van der Waals surface area contributed by atoms with Crippen molar-refractivity contribution in [2.45, 2.75) is 13.8 Å². The zero-order chi connectivity index (χ0) is 10.4. The molecule has 0 saturated carbocycles. The van der Waals surface area contributed by atoms with Crippen LogP contribution in [0.2, 0.25) is 0 Å². The van der Waals surface area contributed by atoms with E-state index >= 15 is 0 Å². The molecule has 0 aliphatic carbocycles. The Morgan fingerprint density at radius 3 is 2.71 bits per heavy atom. The van der Waals surface area contributed by atoms with Gasteiger partial charge in [-0.2, -0.15) is 0 Å². The largest absolute Gasteiger partial charge is 0.387 e. The van der Waals surface area contributed by atoms with Crippen LogP contribution in [0.3, 0.4) is 0 Å². The van der Waals surface area contributed by atoms with Crippen molar-refractivity contribution >= 4 is 16.6 Å². The normalized spacial score (nSPS) is 9.07. The van der Waals surface area contributed by atoms with Crippen molar-refractivity contribution in [3.8, 4) is 0 Å². The Kier molecular flexibility index (Phi) is 3.85. The summed E-state index contributed by atoms with van der Waals surface area (Å²) in [5, 5.41) is 4.09. The minimum Gasteiger partial charge on any atom is -0.387 e. The van der Waals surface area contributed by atoms with Gasteiger partial charge in [0.05, 0.1) is 17.4 Å². The highest BCUT2D eigenvalue weighted by atomic mass is 14.8. The molecule has 0 aromatic carbocycles. The van der Waals surface area contributed by atoms with Gasteiger partial charge in [0.15, 0.2) is 0 Å². The molecule has 0 aliphatic rings. The second kappa shape index (κ2) is 5.17. The van der Waals surface area contributed by atoms with Gasteiger partial charge in [0.25, 0.3) is 0 Å². The van der Waals surface area contributed by atoms with Crippen molar-refractivity contribution in [3.05, 3.63) is 30.7 Å². The molecule has 0 atom stereocenters. The molecule has 1 N–H and O–H groups in total. The van der Waals surface area contributed by atoms with Crippen molar-refractivity contribution < 1.29 is 0 Å². The number of nitrogens with one attached hydrogen (secondary N) is 1. The van der Waals surface area contributed by atoms with E-state index in [9.17, 15) is 0 Å². The Morgan fingerprint density at radius 1 is 1.21 bits per heavy atom. The number of pyridine rings is 2. The van der Waals surface area contributed by atoms with Crippen molar-refractivity contribution in [1.82, 2.24) is 9.97 Å². The van der Waals surface area contributed by atoms with E-state index in [0.29, 0.717) is 0 Å². The van der Waals surface area contributed by atoms with Crippen LogP contribution < -0.4 is 5.32 Å². The van der Waals surface area contributed by atoms with E-state index in [1.807, 2.05) is 45.4 Å². The van der Waals surface area contributed by atoms with E-state index < -0.39 is 0 Å². The van der Waals surface area contributed by atoms with Crippen LogP contribution in [-0.4, -0.2) is 17.0 Å². The van der Waals surface area contributed by atoms with Crippen LogP contribution in [0.5, 0.6) is 0 Å². The quantitative estimate of drug-likeness (QED) is 0.749. The molecule has 0 bridgehead atoms. The van der Waals surface area contributed by atoms with Gasteiger partial charge in [-0.1, -0.05) is 13.8 Å². The number of nitrogens with zero attached hydrogens (tertiary/aromatic N) is 2. The van der Waals surface area contributed by atoms with Crippen LogP contribution in [0.25, 0.3) is 10.9 Å². The SMILES string of the molecule is CC.CNc1cnc2ccncc2c1. The number of fused-ring (bicyclic) bond motifs is 1. The third kappa shape index (κ3) is 2.19. The van der Waals surface area contributed by atoms with Gasteiger partial charge in [0.2, 0.25) is 0 Å². The van der Waals surface area contributed by atoms with Crippen LogP contribution in [-0.2, 0) is 0 Å². The fraction of sp³-hybridized carbons (Fsp3) is 0.273. The topological polar surface area (TPSA) is 37.8 Å². The average Bonchev–Trinajstić information content (AvgIpc) is 2.31. The molecule has 0 amide bonds. The fourth-order valence-corrected chi connectivity index (χ4v) is 1.11. The van der Waals surface area contributed by atoms with E-state index in [2.05, 4.69) is 15.3 Å². The summed E-state index contributed by atoms with van der Waals surface area (Å²) in [6.07, 6.45) is 5.36. The summed E-state index contributed by atoms with van der Waals surface area (Å²) in [4.78, 5) is 8.27. The maximum absolute atomic E-state index is 4.25. The number of aromatic nitrogens is 2. The predicted molar refractivity (Wildman–Crippen MR) is 60.4 cm³/mol. The molecule has 14 heavy (non-hydrogen) atoms. The molecule has 74 valence electrons. The van der Waals surface area contributed by atoms with Gasteiger partial charge in [-0.3, -0.25) is 9.97 Å². The number of hydrogen-bond acceptors (Lipinski definition) is 3. The number of hydrogen-bond donors (Lipinski definition) is 1. The van der Waals surface area contributed by atoms with Crippen molar-refractivity contribution in [2.24, 2.45) is 0 Å². The lowest BCUT2D eigenvalue weighted by molar-refractivity contribution is 1.32. The van der Waals surface area contributed by atoms with E-state index in [1.54, 1.807) is 6.20 Å². The first-order valence-electron chi connectivity index (χ1n) is 4.77. The Hall–Kier alpha value is -1.64. The van der Waals surface area contributed by atoms with Gasteiger partial charge in [-0.15, -0.1) is 0 Å². The second-order valence-electron chi connectivity index (χ2n) is 2.54. The Morgan fingerprint density at radius 2 is 2.00 bits per heavy atom. The summed E-state index contributed by atoms with van der Waals surface area (Å²) in [7, 11) is 1.87. The van der Waals surface area contributed by atoms with Gasteiger partial charge in [-0.05, 0) is 12.1 Å². The highest BCUT2D eigenvalue weighted by Crippen LogP contribution is 2.13. The van der Waals surface area contributed by atoms with E-state index in [4.69, 9.17) is 0 Å². The lowest BCUT2D eigenvalue weighted by atomic mass is 10.2. The minimum absolute atomic E-state index is 0.976. The first-order chi connectivity index (χ1) is 6.90. The Labute approximate surface area is 84.2 Å². The molecule has 2 rings (SSSR count). The molecule has 0 spiro atoms. The van der Waals surface area contributed by atoms with Crippen molar-refractivity contribution in [2.75, 3.05) is 12.4 Å². The number of rotatable bonds is 1. The third-order valence-electron chi connectivity index (χ3n) is 1.77. The van der Waals surface area contributed by atoms with Crippen LogP contribution in [0, 0.1) is 0 Å². The van der Waals surface area contributed by atoms with Gasteiger partial charge >= 0.3 is 0 Å².